The van der Waals surface area contributed by atoms with E-state index in [1.807, 2.05) is 49.5 Å². The van der Waals surface area contributed by atoms with E-state index >= 15 is 0 Å². The molecule has 8 heteroatoms. The Morgan fingerprint density at radius 3 is 2.39 bits per heavy atom. The predicted octanol–water partition coefficient (Wildman–Crippen LogP) is 3.50. The molecule has 2 aromatic rings. The van der Waals surface area contributed by atoms with Crippen LogP contribution >= 0.6 is 0 Å². The summed E-state index contributed by atoms with van der Waals surface area (Å²) in [6.45, 7) is 5.63. The summed E-state index contributed by atoms with van der Waals surface area (Å²) in [4.78, 5) is 31.0. The van der Waals surface area contributed by atoms with Crippen LogP contribution in [0.2, 0.25) is 0 Å². The van der Waals surface area contributed by atoms with Gasteiger partial charge < -0.3 is 24.7 Å². The number of hydrogen-bond donors (Lipinski definition) is 1. The second-order valence-electron chi connectivity index (χ2n) is 9.48. The number of carbonyl (C=O) groups is 2. The zero-order chi connectivity index (χ0) is 22.3. The van der Waals surface area contributed by atoms with Gasteiger partial charge in [-0.15, -0.1) is 0 Å². The van der Waals surface area contributed by atoms with E-state index in [0.717, 1.165) is 24.1 Å². The van der Waals surface area contributed by atoms with E-state index in [1.165, 1.54) is 0 Å². The lowest BCUT2D eigenvalue weighted by molar-refractivity contribution is -0.00711. The van der Waals surface area contributed by atoms with Gasteiger partial charge in [-0.2, -0.15) is 0 Å². The van der Waals surface area contributed by atoms with E-state index in [1.54, 1.807) is 18.5 Å². The van der Waals surface area contributed by atoms with Gasteiger partial charge in [-0.1, -0.05) is 0 Å². The van der Waals surface area contributed by atoms with Crippen molar-refractivity contribution in [3.05, 3.63) is 36.3 Å². The van der Waals surface area contributed by atoms with Crippen molar-refractivity contribution in [2.75, 3.05) is 0 Å². The number of fused-ring (bicyclic) bond motifs is 2. The van der Waals surface area contributed by atoms with Crippen LogP contribution in [0, 0.1) is 0 Å². The Hall–Kier alpha value is -3.03. The minimum Gasteiger partial charge on any atom is -0.489 e. The maximum Gasteiger partial charge on any atom is 0.410 e. The zero-order valence-electron chi connectivity index (χ0n) is 18.5. The Bertz CT molecular complexity index is 980. The van der Waals surface area contributed by atoms with Crippen molar-refractivity contribution < 1.29 is 19.1 Å². The van der Waals surface area contributed by atoms with Crippen LogP contribution in [0.1, 0.15) is 56.8 Å². The van der Waals surface area contributed by atoms with E-state index in [-0.39, 0.29) is 24.3 Å². The number of imidazole rings is 1. The smallest absolute Gasteiger partial charge is 0.410 e. The van der Waals surface area contributed by atoms with Gasteiger partial charge in [0.15, 0.2) is 0 Å². The highest BCUT2D eigenvalue weighted by atomic mass is 16.6. The maximum absolute atomic E-state index is 12.7. The Morgan fingerprint density at radius 2 is 1.84 bits per heavy atom. The lowest BCUT2D eigenvalue weighted by atomic mass is 9.99. The number of rotatable bonds is 4. The summed E-state index contributed by atoms with van der Waals surface area (Å²) in [6.07, 6.45) is 6.52. The minimum atomic E-state index is -0.540. The van der Waals surface area contributed by atoms with E-state index in [9.17, 15) is 9.59 Å². The van der Waals surface area contributed by atoms with Gasteiger partial charge in [0, 0.05) is 43.7 Å². The number of aryl methyl sites for hydroxylation is 1. The average Bonchev–Trinajstić information content (AvgIpc) is 3.22. The molecule has 2 aliphatic rings. The van der Waals surface area contributed by atoms with Crippen LogP contribution in [0.4, 0.5) is 4.79 Å². The van der Waals surface area contributed by atoms with Gasteiger partial charge >= 0.3 is 6.09 Å². The Kier molecular flexibility index (Phi) is 5.41. The molecule has 1 aromatic carbocycles. The summed E-state index contributed by atoms with van der Waals surface area (Å²) in [6, 6.07) is 5.57. The molecule has 2 bridgehead atoms. The molecule has 0 radical (unpaired) electrons. The zero-order valence-corrected chi connectivity index (χ0v) is 18.5. The molecule has 2 fully saturated rings. The summed E-state index contributed by atoms with van der Waals surface area (Å²) in [5.74, 6) is -0.0655. The fourth-order valence-electron chi connectivity index (χ4n) is 4.56. The monoisotopic (exact) mass is 426 g/mol. The molecule has 8 nitrogen and oxygen atoms in total. The molecule has 2 N–H and O–H groups in total. The Morgan fingerprint density at radius 1 is 1.16 bits per heavy atom. The number of nitrogens with two attached hydrogens (primary N) is 1. The van der Waals surface area contributed by atoms with Crippen molar-refractivity contribution in [1.29, 1.82) is 0 Å². The van der Waals surface area contributed by atoms with Gasteiger partial charge in [-0.3, -0.25) is 4.79 Å². The first kappa shape index (κ1) is 21.2. The molecule has 166 valence electrons. The van der Waals surface area contributed by atoms with Crippen LogP contribution in [-0.2, 0) is 11.8 Å². The van der Waals surface area contributed by atoms with Crippen LogP contribution < -0.4 is 10.5 Å². The molecule has 0 aliphatic carbocycles. The molecule has 1 aromatic heterocycles. The third-order valence-corrected chi connectivity index (χ3v) is 5.83. The molecule has 2 saturated heterocycles. The summed E-state index contributed by atoms with van der Waals surface area (Å²) in [5.41, 5.74) is 7.04. The summed E-state index contributed by atoms with van der Waals surface area (Å²) < 4.78 is 13.7. The fourth-order valence-corrected chi connectivity index (χ4v) is 4.56. The lowest BCUT2D eigenvalue weighted by Gasteiger charge is -2.39. The summed E-state index contributed by atoms with van der Waals surface area (Å²) >= 11 is 0. The number of amides is 2. The van der Waals surface area contributed by atoms with E-state index in [4.69, 9.17) is 15.2 Å². The molecule has 0 saturated carbocycles. The molecule has 3 atom stereocenters. The molecule has 2 aliphatic heterocycles. The molecule has 1 unspecified atom stereocenters. The van der Waals surface area contributed by atoms with Crippen molar-refractivity contribution in [2.24, 2.45) is 12.8 Å². The average molecular weight is 427 g/mol. The molecule has 31 heavy (non-hydrogen) atoms. The Labute approximate surface area is 182 Å². The molecule has 2 amide bonds. The van der Waals surface area contributed by atoms with Crippen molar-refractivity contribution in [1.82, 2.24) is 14.5 Å². The minimum absolute atomic E-state index is 0.0865. The van der Waals surface area contributed by atoms with Gasteiger partial charge in [0.05, 0.1) is 17.6 Å². The largest absolute Gasteiger partial charge is 0.489 e. The first-order valence-corrected chi connectivity index (χ1v) is 10.7. The second-order valence-corrected chi connectivity index (χ2v) is 9.48. The quantitative estimate of drug-likeness (QED) is 0.807. The SMILES string of the molecule is Cn1cnc(-c2ccc(O[C@H]3CC4CC[C@H](C3)N4C(=O)OC(C)(C)C)c(C(N)=O)c2)c1. The summed E-state index contributed by atoms with van der Waals surface area (Å²) in [5, 5.41) is 0. The number of benzene rings is 1. The van der Waals surface area contributed by atoms with Crippen molar-refractivity contribution in [2.45, 2.75) is 70.2 Å². The first-order valence-electron chi connectivity index (χ1n) is 10.7. The molecular weight excluding hydrogens is 396 g/mol. The first-order chi connectivity index (χ1) is 14.6. The van der Waals surface area contributed by atoms with Crippen LogP contribution in [0.25, 0.3) is 11.3 Å². The maximum atomic E-state index is 12.7. The highest BCUT2D eigenvalue weighted by Crippen LogP contribution is 2.39. The van der Waals surface area contributed by atoms with Crippen molar-refractivity contribution >= 4 is 12.0 Å². The molecular formula is C23H30N4O4. The molecule has 3 heterocycles. The van der Waals surface area contributed by atoms with E-state index in [2.05, 4.69) is 4.98 Å². The standard InChI is InChI=1S/C23H30N4O4/c1-23(2,3)31-22(29)27-15-6-7-16(27)11-17(10-15)30-20-8-5-14(9-18(20)21(24)28)19-12-26(4)13-25-19/h5,8-9,12-13,15-17H,6-7,10-11H2,1-4H3,(H2,24,28)/t15-,16?,17-/m1/s1. The third kappa shape index (κ3) is 4.52. The third-order valence-electron chi connectivity index (χ3n) is 5.83. The van der Waals surface area contributed by atoms with E-state index < -0.39 is 11.5 Å². The number of nitrogens with zero attached hydrogens (tertiary/aromatic N) is 3. The highest BCUT2D eigenvalue weighted by Gasteiger charge is 2.45. The van der Waals surface area contributed by atoms with Gasteiger partial charge in [-0.05, 0) is 51.8 Å². The Balaban J connectivity index is 1.49. The lowest BCUT2D eigenvalue weighted by Crippen LogP contribution is -2.50. The van der Waals surface area contributed by atoms with Crippen LogP contribution in [0.5, 0.6) is 5.75 Å². The fraction of sp³-hybridized carbons (Fsp3) is 0.522. The van der Waals surface area contributed by atoms with Gasteiger partial charge in [-0.25, -0.2) is 9.78 Å². The topological polar surface area (TPSA) is 99.7 Å². The van der Waals surface area contributed by atoms with Crippen molar-refractivity contribution in [3.8, 4) is 17.0 Å². The number of primary amides is 1. The second kappa shape index (κ2) is 7.90. The highest BCUT2D eigenvalue weighted by molar-refractivity contribution is 5.97. The van der Waals surface area contributed by atoms with E-state index in [0.29, 0.717) is 24.2 Å². The van der Waals surface area contributed by atoms with Crippen molar-refractivity contribution in [3.63, 3.8) is 0 Å². The molecule has 4 rings (SSSR count). The number of carbonyl (C=O) groups excluding carboxylic acids is 2. The van der Waals surface area contributed by atoms with Gasteiger partial charge in [0.1, 0.15) is 17.5 Å². The number of hydrogen-bond acceptors (Lipinski definition) is 5. The van der Waals surface area contributed by atoms with Gasteiger partial charge in [0.25, 0.3) is 5.91 Å². The predicted molar refractivity (Wildman–Crippen MR) is 116 cm³/mol. The number of aromatic nitrogens is 2. The van der Waals surface area contributed by atoms with Crippen LogP contribution in [0.3, 0.4) is 0 Å². The number of ether oxygens (including phenoxy) is 2. The number of piperidine rings is 1. The normalized spacial score (nSPS) is 23.0. The molecule has 0 spiro atoms. The van der Waals surface area contributed by atoms with Crippen LogP contribution in [0.15, 0.2) is 30.7 Å². The van der Waals surface area contributed by atoms with Gasteiger partial charge in [0.2, 0.25) is 0 Å². The van der Waals surface area contributed by atoms with Crippen LogP contribution in [-0.4, -0.2) is 50.2 Å². The summed E-state index contributed by atoms with van der Waals surface area (Å²) in [7, 11) is 1.89.